The van der Waals surface area contributed by atoms with Gasteiger partial charge in [-0.1, -0.05) is 24.3 Å². The van der Waals surface area contributed by atoms with E-state index in [9.17, 15) is 0 Å². The first kappa shape index (κ1) is 16.0. The fourth-order valence-corrected chi connectivity index (χ4v) is 0. The number of rotatable bonds is 0. The molecule has 0 nitrogen and oxygen atoms in total. The molecule has 0 heterocycles. The molecule has 0 rings (SSSR count). The van der Waals surface area contributed by atoms with Gasteiger partial charge in [0, 0.05) is 19.5 Å². The van der Waals surface area contributed by atoms with Crippen molar-refractivity contribution in [2.45, 2.75) is 27.7 Å². The predicted octanol–water partition coefficient (Wildman–Crippen LogP) is 3.16. The third kappa shape index (κ3) is 68.2. The van der Waals surface area contributed by atoms with Crippen LogP contribution in [0.2, 0.25) is 0 Å². The van der Waals surface area contributed by atoms with E-state index in [0.29, 0.717) is 0 Å². The van der Waals surface area contributed by atoms with Gasteiger partial charge < -0.3 is 0 Å². The van der Waals surface area contributed by atoms with Gasteiger partial charge >= 0.3 is 0 Å². The average molecular weight is 178 g/mol. The second-order valence-electron chi connectivity index (χ2n) is 1.33. The third-order valence-electron chi connectivity index (χ3n) is 0.667. The summed E-state index contributed by atoms with van der Waals surface area (Å²) in [6.07, 6.45) is 8.00. The van der Waals surface area contributed by atoms with Gasteiger partial charge in [-0.25, -0.2) is 0 Å². The molecule has 0 aromatic rings. The van der Waals surface area contributed by atoms with Crippen LogP contribution in [-0.4, -0.2) is 0 Å². The van der Waals surface area contributed by atoms with Gasteiger partial charge in [0.15, 0.2) is 0 Å². The van der Waals surface area contributed by atoms with E-state index in [2.05, 4.69) is 0 Å². The molecule has 0 amide bonds. The Morgan fingerprint density at radius 1 is 0.556 bits per heavy atom. The van der Waals surface area contributed by atoms with E-state index in [1.165, 1.54) is 0 Å². The van der Waals surface area contributed by atoms with Crippen LogP contribution >= 0.6 is 0 Å². The molecule has 50 valence electrons. The fourth-order valence-electron chi connectivity index (χ4n) is 0. The summed E-state index contributed by atoms with van der Waals surface area (Å²) in [5.74, 6) is 0. The van der Waals surface area contributed by atoms with Crippen LogP contribution in [0, 0.1) is 0 Å². The van der Waals surface area contributed by atoms with Gasteiger partial charge in [0.2, 0.25) is 0 Å². The summed E-state index contributed by atoms with van der Waals surface area (Å²) in [4.78, 5) is 0. The van der Waals surface area contributed by atoms with E-state index in [0.717, 1.165) is 0 Å². The van der Waals surface area contributed by atoms with Gasteiger partial charge in [0.1, 0.15) is 0 Å². The number of hydrogen-bond acceptors (Lipinski definition) is 0. The molecular weight excluding hydrogens is 161 g/mol. The van der Waals surface area contributed by atoms with Crippen LogP contribution in [0.1, 0.15) is 27.7 Å². The first-order chi connectivity index (χ1) is 3.83. The maximum atomic E-state index is 2.00. The minimum absolute atomic E-state index is 0. The Morgan fingerprint density at radius 3 is 0.667 bits per heavy atom. The van der Waals surface area contributed by atoms with E-state index >= 15 is 0 Å². The molecule has 0 N–H and O–H groups in total. The summed E-state index contributed by atoms with van der Waals surface area (Å²) >= 11 is 0. The van der Waals surface area contributed by atoms with Gasteiger partial charge in [-0.3, -0.25) is 0 Å². The zero-order valence-electron chi connectivity index (χ0n) is 7.02. The molecule has 0 saturated heterocycles. The van der Waals surface area contributed by atoms with Gasteiger partial charge in [-0.05, 0) is 27.7 Å². The molecule has 0 aromatic carbocycles. The Hall–Kier alpha value is 0.103. The summed E-state index contributed by atoms with van der Waals surface area (Å²) in [6, 6.07) is 0. The van der Waals surface area contributed by atoms with Crippen LogP contribution in [0.3, 0.4) is 0 Å². The van der Waals surface area contributed by atoms with Crippen molar-refractivity contribution < 1.29 is 19.5 Å². The Balaban J connectivity index is -0.0000000720. The van der Waals surface area contributed by atoms with Crippen molar-refractivity contribution in [1.29, 1.82) is 0 Å². The van der Waals surface area contributed by atoms with Crippen molar-refractivity contribution >= 4 is 0 Å². The molecular formula is C8H16Zn. The Morgan fingerprint density at radius 2 is 0.667 bits per heavy atom. The van der Waals surface area contributed by atoms with Gasteiger partial charge in [0.25, 0.3) is 0 Å². The molecule has 0 radical (unpaired) electrons. The van der Waals surface area contributed by atoms with Crippen LogP contribution in [0.15, 0.2) is 24.3 Å². The molecule has 1 heteroatoms. The van der Waals surface area contributed by atoms with Crippen LogP contribution in [0.25, 0.3) is 0 Å². The van der Waals surface area contributed by atoms with E-state index < -0.39 is 0 Å². The van der Waals surface area contributed by atoms with Crippen molar-refractivity contribution in [3.63, 3.8) is 0 Å². The monoisotopic (exact) mass is 176 g/mol. The van der Waals surface area contributed by atoms with Gasteiger partial charge in [0.05, 0.1) is 0 Å². The Kier molecular flexibility index (Phi) is 43.3. The first-order valence-corrected chi connectivity index (χ1v) is 2.98. The number of hydrogen-bond donors (Lipinski definition) is 0. The van der Waals surface area contributed by atoms with E-state index in [1.54, 1.807) is 0 Å². The molecule has 9 heavy (non-hydrogen) atoms. The van der Waals surface area contributed by atoms with E-state index in [4.69, 9.17) is 0 Å². The van der Waals surface area contributed by atoms with Gasteiger partial charge in [-0.2, -0.15) is 0 Å². The molecule has 0 aliphatic heterocycles. The first-order valence-electron chi connectivity index (χ1n) is 2.98. The third-order valence-corrected chi connectivity index (χ3v) is 0.667. The van der Waals surface area contributed by atoms with Crippen LogP contribution in [0.5, 0.6) is 0 Å². The molecule has 0 bridgehead atoms. The van der Waals surface area contributed by atoms with Gasteiger partial charge in [-0.15, -0.1) is 0 Å². The summed E-state index contributed by atoms with van der Waals surface area (Å²) in [5.41, 5.74) is 0. The SMILES string of the molecule is C/C=C/C.C/C=C/C.[Zn]. The Bertz CT molecular complexity index is 45.0. The maximum Gasteiger partial charge on any atom is 0 e. The summed E-state index contributed by atoms with van der Waals surface area (Å²) in [6.45, 7) is 8.00. The average Bonchev–Trinajstić information content (AvgIpc) is 1.88. The molecule has 0 aliphatic carbocycles. The van der Waals surface area contributed by atoms with Crippen LogP contribution in [0.4, 0.5) is 0 Å². The Labute approximate surface area is 71.8 Å². The van der Waals surface area contributed by atoms with Crippen LogP contribution < -0.4 is 0 Å². The molecule has 0 atom stereocenters. The van der Waals surface area contributed by atoms with E-state index in [-0.39, 0.29) is 19.5 Å². The zero-order valence-corrected chi connectivity index (χ0v) is 9.98. The quantitative estimate of drug-likeness (QED) is 0.394. The molecule has 0 aliphatic rings. The molecule has 0 spiro atoms. The largest absolute Gasteiger partial charge is 0.0919 e. The van der Waals surface area contributed by atoms with Crippen molar-refractivity contribution in [3.05, 3.63) is 24.3 Å². The normalized spacial score (nSPS) is 8.44. The minimum atomic E-state index is 0. The standard InChI is InChI=1S/2C4H8.Zn/c2*1-3-4-2;/h2*3-4H,1-2H3;/b2*4-3+;. The van der Waals surface area contributed by atoms with Crippen molar-refractivity contribution in [2.24, 2.45) is 0 Å². The predicted molar refractivity (Wildman–Crippen MR) is 41.0 cm³/mol. The van der Waals surface area contributed by atoms with Crippen molar-refractivity contribution in [3.8, 4) is 0 Å². The summed E-state index contributed by atoms with van der Waals surface area (Å²) in [5, 5.41) is 0. The van der Waals surface area contributed by atoms with Crippen molar-refractivity contribution in [1.82, 2.24) is 0 Å². The van der Waals surface area contributed by atoms with Crippen molar-refractivity contribution in [2.75, 3.05) is 0 Å². The molecule has 0 unspecified atom stereocenters. The zero-order chi connectivity index (χ0) is 6.83. The summed E-state index contributed by atoms with van der Waals surface area (Å²) < 4.78 is 0. The minimum Gasteiger partial charge on any atom is -0.0919 e. The molecule has 0 aromatic heterocycles. The molecule has 0 fully saturated rings. The number of allylic oxidation sites excluding steroid dienone is 4. The maximum absolute atomic E-state index is 2.00. The molecule has 0 saturated carbocycles. The fraction of sp³-hybridized carbons (Fsp3) is 0.500. The van der Waals surface area contributed by atoms with E-state index in [1.807, 2.05) is 52.0 Å². The smallest absolute Gasteiger partial charge is 0 e. The van der Waals surface area contributed by atoms with Crippen LogP contribution in [-0.2, 0) is 19.5 Å². The second kappa shape index (κ2) is 24.3. The summed E-state index contributed by atoms with van der Waals surface area (Å²) in [7, 11) is 0. The topological polar surface area (TPSA) is 0 Å². The second-order valence-corrected chi connectivity index (χ2v) is 1.33.